The van der Waals surface area contributed by atoms with Crippen molar-refractivity contribution in [2.75, 3.05) is 52.4 Å². The van der Waals surface area contributed by atoms with Crippen LogP contribution in [0.1, 0.15) is 25.7 Å². The van der Waals surface area contributed by atoms with Gasteiger partial charge in [0.1, 0.15) is 0 Å². The van der Waals surface area contributed by atoms with Crippen LogP contribution in [0.15, 0.2) is 0 Å². The van der Waals surface area contributed by atoms with E-state index in [4.69, 9.17) is 4.74 Å². The van der Waals surface area contributed by atoms with Crippen LogP contribution in [0.3, 0.4) is 0 Å². The van der Waals surface area contributed by atoms with Crippen molar-refractivity contribution in [3.05, 3.63) is 0 Å². The quantitative estimate of drug-likeness (QED) is 0.530. The number of halogens is 2. The molecule has 10 heteroatoms. The van der Waals surface area contributed by atoms with Gasteiger partial charge >= 0.3 is 5.97 Å². The number of piperidine rings is 2. The van der Waals surface area contributed by atoms with E-state index < -0.39 is 18.0 Å². The molecule has 8 nitrogen and oxygen atoms in total. The Hall–Kier alpha value is -0.640. The Morgan fingerprint density at radius 1 is 0.889 bits per heavy atom. The number of hydrogen-bond acceptors (Lipinski definition) is 6. The molecule has 1 amide bonds. The Balaban J connectivity index is 0.00000182. The van der Waals surface area contributed by atoms with Crippen molar-refractivity contribution in [1.82, 2.24) is 20.4 Å². The molecule has 1 unspecified atom stereocenters. The summed E-state index contributed by atoms with van der Waals surface area (Å²) < 4.78 is 5.66. The number of ether oxygens (including phenoxy) is 1. The molecule has 3 saturated heterocycles. The van der Waals surface area contributed by atoms with Crippen molar-refractivity contribution >= 4 is 36.7 Å². The molecule has 0 aliphatic carbocycles. The second-order valence-electron chi connectivity index (χ2n) is 7.15. The Morgan fingerprint density at radius 2 is 1.41 bits per heavy atom. The number of piperazine rings is 1. The molecule has 27 heavy (non-hydrogen) atoms. The molecular formula is C17H32Cl2N4O4. The van der Waals surface area contributed by atoms with Crippen LogP contribution in [-0.4, -0.2) is 97.4 Å². The van der Waals surface area contributed by atoms with E-state index in [1.54, 1.807) is 4.90 Å². The summed E-state index contributed by atoms with van der Waals surface area (Å²) in [5, 5.41) is 16.0. The molecule has 3 aliphatic rings. The van der Waals surface area contributed by atoms with Crippen LogP contribution in [0, 0.1) is 0 Å². The Bertz CT molecular complexity index is 466. The molecule has 3 fully saturated rings. The van der Waals surface area contributed by atoms with Crippen LogP contribution in [0.4, 0.5) is 0 Å². The number of rotatable bonds is 5. The molecule has 3 aliphatic heterocycles. The topological polar surface area (TPSA) is 94.1 Å². The normalized spacial score (nSPS) is 23.8. The van der Waals surface area contributed by atoms with Crippen LogP contribution in [0.5, 0.6) is 0 Å². The van der Waals surface area contributed by atoms with Gasteiger partial charge in [-0.15, -0.1) is 24.8 Å². The molecule has 0 bridgehead atoms. The van der Waals surface area contributed by atoms with E-state index in [-0.39, 0.29) is 30.9 Å². The third-order valence-corrected chi connectivity index (χ3v) is 5.51. The maximum Gasteiger partial charge on any atom is 0.342 e. The molecule has 3 rings (SSSR count). The Labute approximate surface area is 173 Å². The molecule has 0 saturated carbocycles. The second kappa shape index (κ2) is 12.0. The molecule has 0 spiro atoms. The van der Waals surface area contributed by atoms with E-state index in [9.17, 15) is 14.7 Å². The zero-order valence-electron chi connectivity index (χ0n) is 15.6. The van der Waals surface area contributed by atoms with Gasteiger partial charge in [-0.05, 0) is 51.9 Å². The predicted molar refractivity (Wildman–Crippen MR) is 107 cm³/mol. The number of carboxylic acids is 1. The summed E-state index contributed by atoms with van der Waals surface area (Å²) in [6.07, 6.45) is 2.27. The molecule has 0 aromatic rings. The summed E-state index contributed by atoms with van der Waals surface area (Å²) >= 11 is 0. The lowest BCUT2D eigenvalue weighted by Crippen LogP contribution is -2.57. The highest BCUT2D eigenvalue weighted by Gasteiger charge is 2.36. The van der Waals surface area contributed by atoms with Crippen molar-refractivity contribution in [1.29, 1.82) is 0 Å². The molecule has 1 atom stereocenters. The van der Waals surface area contributed by atoms with E-state index in [0.29, 0.717) is 19.1 Å². The highest BCUT2D eigenvalue weighted by atomic mass is 35.5. The van der Waals surface area contributed by atoms with Crippen molar-refractivity contribution in [3.63, 3.8) is 0 Å². The predicted octanol–water partition coefficient (Wildman–Crippen LogP) is -0.0520. The summed E-state index contributed by atoms with van der Waals surface area (Å²) in [7, 11) is 0. The van der Waals surface area contributed by atoms with E-state index in [1.807, 2.05) is 0 Å². The van der Waals surface area contributed by atoms with E-state index in [0.717, 1.165) is 65.0 Å². The SMILES string of the molecule is Cl.Cl.O=C(O)C(OC1CCNCC1)C(=O)N1CCN(C2CCNCC2)CC1. The van der Waals surface area contributed by atoms with E-state index >= 15 is 0 Å². The summed E-state index contributed by atoms with van der Waals surface area (Å²) in [4.78, 5) is 28.3. The van der Waals surface area contributed by atoms with Crippen LogP contribution in [0.2, 0.25) is 0 Å². The number of carboxylic acid groups (broad SMARTS) is 1. The number of nitrogens with one attached hydrogen (secondary N) is 2. The van der Waals surface area contributed by atoms with Crippen molar-refractivity contribution in [3.8, 4) is 0 Å². The van der Waals surface area contributed by atoms with Gasteiger partial charge in [-0.1, -0.05) is 0 Å². The lowest BCUT2D eigenvalue weighted by atomic mass is 10.0. The maximum absolute atomic E-state index is 12.7. The van der Waals surface area contributed by atoms with Gasteiger partial charge in [-0.2, -0.15) is 0 Å². The average Bonchev–Trinajstić information content (AvgIpc) is 2.67. The first-order chi connectivity index (χ1) is 12.1. The minimum atomic E-state index is -1.37. The second-order valence-corrected chi connectivity index (χ2v) is 7.15. The summed E-state index contributed by atoms with van der Waals surface area (Å²) in [6, 6.07) is 0.583. The lowest BCUT2D eigenvalue weighted by Gasteiger charge is -2.41. The zero-order valence-corrected chi connectivity index (χ0v) is 17.2. The Kier molecular flexibility index (Phi) is 10.9. The molecule has 158 valence electrons. The van der Waals surface area contributed by atoms with E-state index in [1.165, 1.54) is 0 Å². The van der Waals surface area contributed by atoms with Gasteiger partial charge in [0.25, 0.3) is 5.91 Å². The maximum atomic E-state index is 12.7. The molecular weight excluding hydrogens is 395 g/mol. The molecule has 0 aromatic carbocycles. The number of hydrogen-bond donors (Lipinski definition) is 3. The first-order valence-corrected chi connectivity index (χ1v) is 9.47. The van der Waals surface area contributed by atoms with Crippen molar-refractivity contribution in [2.24, 2.45) is 0 Å². The highest BCUT2D eigenvalue weighted by Crippen LogP contribution is 2.17. The molecule has 3 N–H and O–H groups in total. The third kappa shape index (κ3) is 6.73. The fourth-order valence-electron chi connectivity index (χ4n) is 3.99. The fraction of sp³-hybridized carbons (Fsp3) is 0.882. The van der Waals surface area contributed by atoms with Crippen LogP contribution in [-0.2, 0) is 14.3 Å². The van der Waals surface area contributed by atoms with Crippen molar-refractivity contribution in [2.45, 2.75) is 43.9 Å². The largest absolute Gasteiger partial charge is 0.479 e. The van der Waals surface area contributed by atoms with Crippen molar-refractivity contribution < 1.29 is 19.4 Å². The molecule has 0 aromatic heterocycles. The average molecular weight is 427 g/mol. The minimum absolute atomic E-state index is 0. The lowest BCUT2D eigenvalue weighted by molar-refractivity contribution is -0.168. The number of carbonyl (C=O) groups excluding carboxylic acids is 1. The summed E-state index contributed by atoms with van der Waals surface area (Å²) in [6.45, 7) is 6.51. The number of carbonyl (C=O) groups is 2. The summed E-state index contributed by atoms with van der Waals surface area (Å²) in [5.41, 5.74) is 0. The van der Waals surface area contributed by atoms with Gasteiger partial charge in [-0.3, -0.25) is 9.69 Å². The monoisotopic (exact) mass is 426 g/mol. The number of aliphatic carboxylic acids is 1. The van der Waals surface area contributed by atoms with Gasteiger partial charge in [0.15, 0.2) is 0 Å². The van der Waals surface area contributed by atoms with Crippen LogP contribution in [0.25, 0.3) is 0 Å². The van der Waals surface area contributed by atoms with E-state index in [2.05, 4.69) is 15.5 Å². The van der Waals surface area contributed by atoms with Gasteiger partial charge in [0, 0.05) is 32.2 Å². The zero-order chi connectivity index (χ0) is 17.6. The van der Waals surface area contributed by atoms with Crippen LogP contribution < -0.4 is 10.6 Å². The third-order valence-electron chi connectivity index (χ3n) is 5.51. The van der Waals surface area contributed by atoms with Gasteiger partial charge in [0.2, 0.25) is 6.10 Å². The summed E-state index contributed by atoms with van der Waals surface area (Å²) in [5.74, 6) is -1.57. The van der Waals surface area contributed by atoms with Crippen LogP contribution >= 0.6 is 24.8 Å². The fourth-order valence-corrected chi connectivity index (χ4v) is 3.99. The smallest absolute Gasteiger partial charge is 0.342 e. The first kappa shape index (κ1) is 24.4. The first-order valence-electron chi connectivity index (χ1n) is 9.47. The van der Waals surface area contributed by atoms with Gasteiger partial charge in [-0.25, -0.2) is 4.79 Å². The molecule has 0 radical (unpaired) electrons. The number of amides is 1. The van der Waals surface area contributed by atoms with Gasteiger partial charge < -0.3 is 25.4 Å². The minimum Gasteiger partial charge on any atom is -0.479 e. The highest BCUT2D eigenvalue weighted by molar-refractivity contribution is 6.00. The Morgan fingerprint density at radius 3 is 1.93 bits per heavy atom. The number of nitrogens with zero attached hydrogens (tertiary/aromatic N) is 2. The molecule has 3 heterocycles. The van der Waals surface area contributed by atoms with Gasteiger partial charge in [0.05, 0.1) is 6.10 Å². The standard InChI is InChI=1S/C17H30N4O4.2ClH/c22-16(15(17(23)24)25-14-3-7-19-8-4-14)21-11-9-20(10-12-21)13-1-5-18-6-2-13;;/h13-15,18-19H,1-12H2,(H,23,24);2*1H.